The van der Waals surface area contributed by atoms with Crippen LogP contribution in [0.25, 0.3) is 16.1 Å². The Kier molecular flexibility index (Phi) is 4.89. The van der Waals surface area contributed by atoms with Crippen LogP contribution in [0, 0.1) is 40.3 Å². The minimum atomic E-state index is -0.638. The number of aromatic nitrogens is 1. The second kappa shape index (κ2) is 7.49. The number of rotatable bonds is 3. The summed E-state index contributed by atoms with van der Waals surface area (Å²) in [6.07, 6.45) is 10.7. The van der Waals surface area contributed by atoms with Crippen LogP contribution < -0.4 is 0 Å². The Labute approximate surface area is 199 Å². The van der Waals surface area contributed by atoms with E-state index >= 15 is 0 Å². The molecular weight excluding hydrogens is 433 g/mol. The van der Waals surface area contributed by atoms with E-state index in [1.54, 1.807) is 23.5 Å². The predicted molar refractivity (Wildman–Crippen MR) is 129 cm³/mol. The third-order valence-corrected chi connectivity index (χ3v) is 11.2. The minimum absolute atomic E-state index is 0.161. The minimum Gasteiger partial charge on any atom is -0.481 e. The molecule has 6 atom stereocenters. The van der Waals surface area contributed by atoms with E-state index in [1.807, 2.05) is 6.07 Å². The average Bonchev–Trinajstić information content (AvgIpc) is 3.34. The molecule has 0 bridgehead atoms. The van der Waals surface area contributed by atoms with Gasteiger partial charge in [-0.05, 0) is 97.2 Å². The number of benzene rings is 1. The number of hydrogen-bond donors (Lipinski definition) is 1. The van der Waals surface area contributed by atoms with Crippen LogP contribution in [0.2, 0.25) is 0 Å². The van der Waals surface area contributed by atoms with Crippen molar-refractivity contribution >= 4 is 22.9 Å². The molecular formula is C28H32FNO2S. The number of nitrogens with zero attached hydrogens (tertiary/aromatic N) is 1. The molecule has 1 heterocycles. The number of fused-ring (bicyclic) bond motifs is 7. The van der Waals surface area contributed by atoms with Crippen molar-refractivity contribution in [3.8, 4) is 10.6 Å². The highest BCUT2D eigenvalue weighted by Crippen LogP contribution is 2.67. The quantitative estimate of drug-likeness (QED) is 0.520. The third kappa shape index (κ3) is 3.18. The molecule has 0 aliphatic heterocycles. The predicted octanol–water partition coefficient (Wildman–Crippen LogP) is 7.22. The lowest BCUT2D eigenvalue weighted by Gasteiger charge is -2.57. The topological polar surface area (TPSA) is 50.2 Å². The first-order valence-electron chi connectivity index (χ1n) is 12.5. The molecule has 0 amide bonds. The lowest BCUT2D eigenvalue weighted by molar-refractivity contribution is -0.139. The van der Waals surface area contributed by atoms with E-state index in [1.165, 1.54) is 35.1 Å². The van der Waals surface area contributed by atoms with Gasteiger partial charge in [-0.2, -0.15) is 0 Å². The highest BCUT2D eigenvalue weighted by molar-refractivity contribution is 7.16. The average molecular weight is 466 g/mol. The number of aliphatic carboxylic acids is 1. The first kappa shape index (κ1) is 21.5. The highest BCUT2D eigenvalue weighted by Gasteiger charge is 2.59. The summed E-state index contributed by atoms with van der Waals surface area (Å²) in [6.45, 7) is 4.87. The summed E-state index contributed by atoms with van der Waals surface area (Å²) in [5.74, 6) is 1.43. The first-order chi connectivity index (χ1) is 15.8. The number of thiazole rings is 1. The molecule has 0 unspecified atom stereocenters. The second-order valence-electron chi connectivity index (χ2n) is 11.4. The standard InChI is InChI=1S/C28H32FNO2S/c1-27-12-10-21-19(20(27)8-6-17(27)15-24(31)32)7-9-22-25-23(11-13-28(21,22)2)30-26(33-25)16-4-3-5-18(29)14-16/h3-5,9,14,17,19-21H,6-8,10-13,15H2,1-2H3,(H,31,32)/t17-,19+,20-,21-,27-,28+/m0/s1. The molecule has 5 heteroatoms. The lowest BCUT2D eigenvalue weighted by Crippen LogP contribution is -2.49. The van der Waals surface area contributed by atoms with Crippen molar-refractivity contribution in [1.82, 2.24) is 4.98 Å². The normalized spacial score (nSPS) is 36.9. The van der Waals surface area contributed by atoms with Gasteiger partial charge in [0.15, 0.2) is 0 Å². The summed E-state index contributed by atoms with van der Waals surface area (Å²) < 4.78 is 13.8. The van der Waals surface area contributed by atoms with Gasteiger partial charge in [-0.1, -0.05) is 32.1 Å². The van der Waals surface area contributed by atoms with E-state index in [9.17, 15) is 14.3 Å². The van der Waals surface area contributed by atoms with Crippen LogP contribution in [0.3, 0.4) is 0 Å². The Balaban J connectivity index is 1.34. The first-order valence-corrected chi connectivity index (χ1v) is 13.3. The van der Waals surface area contributed by atoms with Crippen molar-refractivity contribution < 1.29 is 14.3 Å². The van der Waals surface area contributed by atoms with Gasteiger partial charge in [0, 0.05) is 12.0 Å². The SMILES string of the molecule is C[C@@]12CC[C@H]3[C@H](CC=C4c5sc(-c6cccc(F)c6)nc5CC[C@@]43C)[C@@H]1CC[C@H]2CC(=O)O. The van der Waals surface area contributed by atoms with Gasteiger partial charge < -0.3 is 5.11 Å². The van der Waals surface area contributed by atoms with Gasteiger partial charge in [-0.15, -0.1) is 11.3 Å². The summed E-state index contributed by atoms with van der Waals surface area (Å²) in [5.41, 5.74) is 3.87. The summed E-state index contributed by atoms with van der Waals surface area (Å²) in [4.78, 5) is 17.8. The van der Waals surface area contributed by atoms with E-state index in [4.69, 9.17) is 4.98 Å². The summed E-state index contributed by atoms with van der Waals surface area (Å²) in [5, 5.41) is 10.4. The van der Waals surface area contributed by atoms with Gasteiger partial charge in [0.2, 0.25) is 0 Å². The molecule has 1 N–H and O–H groups in total. The number of carbonyl (C=O) groups is 1. The van der Waals surface area contributed by atoms with Crippen molar-refractivity contribution in [2.75, 3.05) is 0 Å². The Morgan fingerprint density at radius 2 is 2.06 bits per heavy atom. The monoisotopic (exact) mass is 465 g/mol. The van der Waals surface area contributed by atoms with Gasteiger partial charge >= 0.3 is 5.97 Å². The van der Waals surface area contributed by atoms with Crippen molar-refractivity contribution in [1.29, 1.82) is 0 Å². The van der Waals surface area contributed by atoms with Crippen LogP contribution >= 0.6 is 11.3 Å². The van der Waals surface area contributed by atoms with E-state index < -0.39 is 5.97 Å². The maximum Gasteiger partial charge on any atom is 0.303 e. The smallest absolute Gasteiger partial charge is 0.303 e. The lowest BCUT2D eigenvalue weighted by atomic mass is 9.47. The number of hydrogen-bond acceptors (Lipinski definition) is 3. The molecule has 0 saturated heterocycles. The fourth-order valence-corrected chi connectivity index (χ4v) is 9.56. The van der Waals surface area contributed by atoms with E-state index in [0.717, 1.165) is 42.7 Å². The van der Waals surface area contributed by atoms with Crippen LogP contribution in [-0.2, 0) is 11.2 Å². The van der Waals surface area contributed by atoms with Gasteiger partial charge in [0.25, 0.3) is 0 Å². The van der Waals surface area contributed by atoms with Crippen molar-refractivity contribution in [3.05, 3.63) is 46.7 Å². The van der Waals surface area contributed by atoms with Crippen molar-refractivity contribution in [3.63, 3.8) is 0 Å². The molecule has 3 nitrogen and oxygen atoms in total. The van der Waals surface area contributed by atoms with Crippen LogP contribution in [0.5, 0.6) is 0 Å². The van der Waals surface area contributed by atoms with Gasteiger partial charge in [0.05, 0.1) is 10.6 Å². The number of allylic oxidation sites excluding steroid dienone is 2. The molecule has 1 aromatic carbocycles. The summed E-state index contributed by atoms with van der Waals surface area (Å²) in [6, 6.07) is 6.79. The van der Waals surface area contributed by atoms with Gasteiger partial charge in [0.1, 0.15) is 10.8 Å². The van der Waals surface area contributed by atoms with Crippen molar-refractivity contribution in [2.24, 2.45) is 34.5 Å². The zero-order valence-electron chi connectivity index (χ0n) is 19.4. The molecule has 174 valence electrons. The van der Waals surface area contributed by atoms with Crippen LogP contribution in [0.4, 0.5) is 4.39 Å². The molecule has 1 aromatic heterocycles. The number of carboxylic acids is 1. The zero-order valence-corrected chi connectivity index (χ0v) is 20.3. The van der Waals surface area contributed by atoms with E-state index in [2.05, 4.69) is 19.9 Å². The molecule has 6 rings (SSSR count). The van der Waals surface area contributed by atoms with Crippen molar-refractivity contribution in [2.45, 2.75) is 65.2 Å². The molecule has 4 aliphatic carbocycles. The molecule has 0 radical (unpaired) electrons. The summed E-state index contributed by atoms with van der Waals surface area (Å²) >= 11 is 1.74. The van der Waals surface area contributed by atoms with Gasteiger partial charge in [-0.3, -0.25) is 4.79 Å². The fourth-order valence-electron chi connectivity index (χ4n) is 8.28. The molecule has 4 aliphatic rings. The Bertz CT molecular complexity index is 1150. The zero-order chi connectivity index (χ0) is 23.0. The summed E-state index contributed by atoms with van der Waals surface area (Å²) in [7, 11) is 0. The number of halogens is 1. The Morgan fingerprint density at radius 3 is 2.85 bits per heavy atom. The molecule has 2 saturated carbocycles. The maximum absolute atomic E-state index is 13.8. The van der Waals surface area contributed by atoms with Crippen LogP contribution in [0.15, 0.2) is 30.3 Å². The fraction of sp³-hybridized carbons (Fsp3) is 0.571. The number of aryl methyl sites for hydroxylation is 1. The molecule has 0 spiro atoms. The Hall–Kier alpha value is -2.01. The van der Waals surface area contributed by atoms with Crippen LogP contribution in [0.1, 0.15) is 69.4 Å². The Morgan fingerprint density at radius 1 is 1.21 bits per heavy atom. The third-order valence-electron chi connectivity index (χ3n) is 9.98. The van der Waals surface area contributed by atoms with E-state index in [0.29, 0.717) is 30.1 Å². The molecule has 33 heavy (non-hydrogen) atoms. The largest absolute Gasteiger partial charge is 0.481 e. The van der Waals surface area contributed by atoms with Gasteiger partial charge in [-0.25, -0.2) is 9.37 Å². The second-order valence-corrected chi connectivity index (χ2v) is 12.4. The molecule has 2 aromatic rings. The highest BCUT2D eigenvalue weighted by atomic mass is 32.1. The molecule has 2 fully saturated rings. The van der Waals surface area contributed by atoms with E-state index in [-0.39, 0.29) is 16.6 Å². The number of carboxylic acid groups (broad SMARTS) is 1. The van der Waals surface area contributed by atoms with Crippen LogP contribution in [-0.4, -0.2) is 16.1 Å². The maximum atomic E-state index is 13.8.